The van der Waals surface area contributed by atoms with Gasteiger partial charge in [-0.1, -0.05) is 13.8 Å². The quantitative estimate of drug-likeness (QED) is 0.757. The zero-order valence-electron chi connectivity index (χ0n) is 11.1. The van der Waals surface area contributed by atoms with Gasteiger partial charge in [-0.25, -0.2) is 0 Å². The predicted molar refractivity (Wildman–Crippen MR) is 68.7 cm³/mol. The van der Waals surface area contributed by atoms with Gasteiger partial charge in [-0.15, -0.1) is 0 Å². The van der Waals surface area contributed by atoms with E-state index in [1.807, 2.05) is 0 Å². The minimum Gasteiger partial charge on any atom is -0.316 e. The van der Waals surface area contributed by atoms with Crippen LogP contribution in [0.15, 0.2) is 0 Å². The van der Waals surface area contributed by atoms with Crippen molar-refractivity contribution in [2.75, 3.05) is 39.8 Å². The smallest absolute Gasteiger partial charge is 0.0218 e. The number of hydrogen-bond acceptors (Lipinski definition) is 3. The maximum atomic E-state index is 3.50. The van der Waals surface area contributed by atoms with E-state index in [4.69, 9.17) is 0 Å². The molecule has 2 aliphatic heterocycles. The molecule has 3 heteroatoms. The Morgan fingerprint density at radius 1 is 1.31 bits per heavy atom. The van der Waals surface area contributed by atoms with Crippen LogP contribution >= 0.6 is 0 Å². The van der Waals surface area contributed by atoms with Crippen LogP contribution in [0.2, 0.25) is 0 Å². The molecule has 3 atom stereocenters. The van der Waals surface area contributed by atoms with Crippen molar-refractivity contribution < 1.29 is 0 Å². The summed E-state index contributed by atoms with van der Waals surface area (Å²) in [4.78, 5) is 5.28. The first-order valence-electron chi connectivity index (χ1n) is 6.87. The molecule has 0 aromatic carbocycles. The topological polar surface area (TPSA) is 18.5 Å². The van der Waals surface area contributed by atoms with E-state index in [-0.39, 0.29) is 0 Å². The van der Waals surface area contributed by atoms with Crippen LogP contribution in [-0.2, 0) is 0 Å². The zero-order valence-corrected chi connectivity index (χ0v) is 11.1. The van der Waals surface area contributed by atoms with Gasteiger partial charge >= 0.3 is 0 Å². The van der Waals surface area contributed by atoms with Crippen LogP contribution in [0.25, 0.3) is 0 Å². The summed E-state index contributed by atoms with van der Waals surface area (Å²) in [5, 5.41) is 3.50. The van der Waals surface area contributed by atoms with Gasteiger partial charge in [0.1, 0.15) is 0 Å². The van der Waals surface area contributed by atoms with Crippen molar-refractivity contribution in [3.05, 3.63) is 0 Å². The summed E-state index contributed by atoms with van der Waals surface area (Å²) in [6.07, 6.45) is 2.62. The van der Waals surface area contributed by atoms with Gasteiger partial charge in [0.15, 0.2) is 0 Å². The summed E-state index contributed by atoms with van der Waals surface area (Å²) >= 11 is 0. The molecule has 2 saturated heterocycles. The summed E-state index contributed by atoms with van der Waals surface area (Å²) in [6.45, 7) is 10.9. The lowest BCUT2D eigenvalue weighted by atomic mass is 9.92. The van der Waals surface area contributed by atoms with Gasteiger partial charge in [0.05, 0.1) is 0 Å². The van der Waals surface area contributed by atoms with Crippen molar-refractivity contribution in [2.45, 2.75) is 38.8 Å². The van der Waals surface area contributed by atoms with Crippen molar-refractivity contribution >= 4 is 0 Å². The molecular formula is C13H27N3. The average molecular weight is 225 g/mol. The Labute approximate surface area is 100 Å². The molecule has 94 valence electrons. The number of nitrogens with zero attached hydrogens (tertiary/aromatic N) is 2. The second-order valence-electron chi connectivity index (χ2n) is 5.58. The highest BCUT2D eigenvalue weighted by atomic mass is 15.3. The van der Waals surface area contributed by atoms with Gasteiger partial charge in [-0.2, -0.15) is 0 Å². The largest absolute Gasteiger partial charge is 0.316 e. The Hall–Kier alpha value is -0.120. The maximum absolute atomic E-state index is 3.50. The molecule has 0 radical (unpaired) electrons. The van der Waals surface area contributed by atoms with Crippen LogP contribution in [0.4, 0.5) is 0 Å². The Bertz CT molecular complexity index is 219. The molecule has 0 spiro atoms. The van der Waals surface area contributed by atoms with E-state index >= 15 is 0 Å². The van der Waals surface area contributed by atoms with Crippen LogP contribution < -0.4 is 5.32 Å². The fraction of sp³-hybridized carbons (Fsp3) is 1.00. The van der Waals surface area contributed by atoms with Crippen molar-refractivity contribution in [1.29, 1.82) is 0 Å². The highest BCUT2D eigenvalue weighted by Gasteiger charge is 2.31. The second kappa shape index (κ2) is 5.48. The lowest BCUT2D eigenvalue weighted by molar-refractivity contribution is 0.0334. The van der Waals surface area contributed by atoms with E-state index in [2.05, 4.69) is 36.0 Å². The standard InChI is InChI=1S/C13H27N3/c1-4-12-10-16(8-7-15(12)3)13-5-6-14-9-11(13)2/h11-14H,4-10H2,1-3H3. The SMILES string of the molecule is CCC1CN(C2CCNCC2C)CCN1C. The molecule has 0 bridgehead atoms. The molecule has 3 nitrogen and oxygen atoms in total. The summed E-state index contributed by atoms with van der Waals surface area (Å²) in [5.41, 5.74) is 0. The maximum Gasteiger partial charge on any atom is 0.0218 e. The molecule has 0 aromatic rings. The molecule has 2 fully saturated rings. The van der Waals surface area contributed by atoms with E-state index in [9.17, 15) is 0 Å². The van der Waals surface area contributed by atoms with Crippen molar-refractivity contribution in [2.24, 2.45) is 5.92 Å². The van der Waals surface area contributed by atoms with Gasteiger partial charge in [0.2, 0.25) is 0 Å². The highest BCUT2D eigenvalue weighted by molar-refractivity contribution is 4.88. The number of hydrogen-bond donors (Lipinski definition) is 1. The first kappa shape index (κ1) is 12.3. The van der Waals surface area contributed by atoms with Gasteiger partial charge in [0.25, 0.3) is 0 Å². The van der Waals surface area contributed by atoms with E-state index in [1.165, 1.54) is 45.6 Å². The summed E-state index contributed by atoms with van der Waals surface area (Å²) < 4.78 is 0. The van der Waals surface area contributed by atoms with Crippen molar-refractivity contribution in [1.82, 2.24) is 15.1 Å². The summed E-state index contributed by atoms with van der Waals surface area (Å²) in [7, 11) is 2.28. The molecule has 16 heavy (non-hydrogen) atoms. The van der Waals surface area contributed by atoms with Crippen LogP contribution in [0.5, 0.6) is 0 Å². The van der Waals surface area contributed by atoms with Gasteiger partial charge in [-0.3, -0.25) is 4.90 Å². The molecule has 2 rings (SSSR count). The third kappa shape index (κ3) is 2.58. The van der Waals surface area contributed by atoms with Crippen LogP contribution in [-0.4, -0.2) is 61.7 Å². The van der Waals surface area contributed by atoms with Gasteiger partial charge in [-0.05, 0) is 38.9 Å². The Balaban J connectivity index is 1.93. The Kier molecular flexibility index (Phi) is 4.22. The molecule has 0 aromatic heterocycles. The normalized spacial score (nSPS) is 38.8. The summed E-state index contributed by atoms with van der Waals surface area (Å²) in [6, 6.07) is 1.60. The fourth-order valence-electron chi connectivity index (χ4n) is 3.25. The summed E-state index contributed by atoms with van der Waals surface area (Å²) in [5.74, 6) is 0.815. The molecular weight excluding hydrogens is 198 g/mol. The third-order valence-electron chi connectivity index (χ3n) is 4.49. The fourth-order valence-corrected chi connectivity index (χ4v) is 3.25. The second-order valence-corrected chi connectivity index (χ2v) is 5.58. The van der Waals surface area contributed by atoms with Crippen LogP contribution in [0.1, 0.15) is 26.7 Å². The number of piperazine rings is 1. The minimum absolute atomic E-state index is 0.774. The first-order valence-corrected chi connectivity index (χ1v) is 6.87. The molecule has 1 N–H and O–H groups in total. The zero-order chi connectivity index (χ0) is 11.5. The molecule has 0 aliphatic carbocycles. The minimum atomic E-state index is 0.774. The first-order chi connectivity index (χ1) is 7.72. The average Bonchev–Trinajstić information content (AvgIpc) is 2.31. The molecule has 3 unspecified atom stereocenters. The Morgan fingerprint density at radius 2 is 2.12 bits per heavy atom. The van der Waals surface area contributed by atoms with E-state index in [1.54, 1.807) is 0 Å². The lowest BCUT2D eigenvalue weighted by Crippen LogP contribution is -2.58. The molecule has 2 heterocycles. The molecule has 0 amide bonds. The highest BCUT2D eigenvalue weighted by Crippen LogP contribution is 2.21. The van der Waals surface area contributed by atoms with E-state index < -0.39 is 0 Å². The van der Waals surface area contributed by atoms with Gasteiger partial charge < -0.3 is 10.2 Å². The number of rotatable bonds is 2. The number of likely N-dealkylation sites (N-methyl/N-ethyl adjacent to an activating group) is 1. The van der Waals surface area contributed by atoms with Crippen LogP contribution in [0.3, 0.4) is 0 Å². The Morgan fingerprint density at radius 3 is 2.81 bits per heavy atom. The molecule has 0 saturated carbocycles. The van der Waals surface area contributed by atoms with Gasteiger partial charge in [0, 0.05) is 31.7 Å². The van der Waals surface area contributed by atoms with E-state index in [0.717, 1.165) is 18.0 Å². The van der Waals surface area contributed by atoms with E-state index in [0.29, 0.717) is 0 Å². The van der Waals surface area contributed by atoms with Crippen LogP contribution in [0, 0.1) is 5.92 Å². The van der Waals surface area contributed by atoms with Crippen molar-refractivity contribution in [3.8, 4) is 0 Å². The lowest BCUT2D eigenvalue weighted by Gasteiger charge is -2.46. The number of nitrogens with one attached hydrogen (secondary N) is 1. The third-order valence-corrected chi connectivity index (χ3v) is 4.49. The molecule has 2 aliphatic rings. The van der Waals surface area contributed by atoms with Crippen molar-refractivity contribution in [3.63, 3.8) is 0 Å². The predicted octanol–water partition coefficient (Wildman–Crippen LogP) is 1.01. The monoisotopic (exact) mass is 225 g/mol. The number of piperidine rings is 1.